The molecule has 1 N–H and O–H groups in total. The molecule has 4 aromatic rings. The van der Waals surface area contributed by atoms with E-state index >= 15 is 0 Å². The van der Waals surface area contributed by atoms with Crippen LogP contribution in [0.15, 0.2) is 68.7 Å². The van der Waals surface area contributed by atoms with Gasteiger partial charge in [0.05, 0.1) is 6.20 Å². The lowest BCUT2D eigenvalue weighted by atomic mass is 9.97. The summed E-state index contributed by atoms with van der Waals surface area (Å²) in [6, 6.07) is 11.9. The van der Waals surface area contributed by atoms with Gasteiger partial charge in [0.25, 0.3) is 0 Å². The number of hydrogen-bond acceptors (Lipinski definition) is 7. The SMILES string of the molecule is Cc1noc(/C=C/c2ccc(F)cc2F)c1S(=O)(=O)N1CCC(C(=O)Nc2ccc(-c3ccno3)cc2)CC1. The normalized spacial score (nSPS) is 15.2. The maximum atomic E-state index is 14.0. The third-order valence-corrected chi connectivity index (χ3v) is 8.56. The van der Waals surface area contributed by atoms with Gasteiger partial charge in [-0.25, -0.2) is 17.2 Å². The second-order valence-electron chi connectivity index (χ2n) is 9.08. The molecule has 3 heterocycles. The van der Waals surface area contributed by atoms with Gasteiger partial charge >= 0.3 is 0 Å². The molecule has 1 fully saturated rings. The number of aryl methyl sites for hydroxylation is 1. The van der Waals surface area contributed by atoms with Gasteiger partial charge in [-0.1, -0.05) is 10.3 Å². The van der Waals surface area contributed by atoms with Crippen LogP contribution in [0.5, 0.6) is 0 Å². The Hall–Kier alpha value is -4.16. The number of benzene rings is 2. The zero-order valence-electron chi connectivity index (χ0n) is 20.8. The third-order valence-electron chi connectivity index (χ3n) is 6.51. The summed E-state index contributed by atoms with van der Waals surface area (Å²) in [5.74, 6) is -1.52. The van der Waals surface area contributed by atoms with Gasteiger partial charge in [-0.2, -0.15) is 4.31 Å². The molecule has 2 aromatic carbocycles. The molecule has 0 saturated carbocycles. The van der Waals surface area contributed by atoms with Crippen molar-refractivity contribution in [3.05, 3.63) is 83.4 Å². The van der Waals surface area contributed by atoms with E-state index in [2.05, 4.69) is 15.6 Å². The Bertz CT molecular complexity index is 1610. The highest BCUT2D eigenvalue weighted by Gasteiger charge is 2.36. The molecule has 0 unspecified atom stereocenters. The van der Waals surface area contributed by atoms with E-state index in [4.69, 9.17) is 9.05 Å². The summed E-state index contributed by atoms with van der Waals surface area (Å²) in [5, 5.41) is 10.3. The minimum Gasteiger partial charge on any atom is -0.356 e. The lowest BCUT2D eigenvalue weighted by Gasteiger charge is -2.30. The van der Waals surface area contributed by atoms with Crippen LogP contribution in [0.1, 0.15) is 29.9 Å². The minimum absolute atomic E-state index is 0.0632. The molecule has 5 rings (SSSR count). The summed E-state index contributed by atoms with van der Waals surface area (Å²) in [4.78, 5) is 12.7. The van der Waals surface area contributed by atoms with Gasteiger partial charge in [-0.05, 0) is 68.3 Å². The fraction of sp³-hybridized carbons (Fsp3) is 0.222. The Morgan fingerprint density at radius 1 is 1.05 bits per heavy atom. The first-order valence-corrected chi connectivity index (χ1v) is 13.6. The van der Waals surface area contributed by atoms with Crippen molar-refractivity contribution in [3.63, 3.8) is 0 Å². The lowest BCUT2D eigenvalue weighted by molar-refractivity contribution is -0.120. The van der Waals surface area contributed by atoms with Gasteiger partial charge in [-0.15, -0.1) is 0 Å². The number of sulfonamides is 1. The van der Waals surface area contributed by atoms with E-state index in [1.807, 2.05) is 12.1 Å². The second kappa shape index (κ2) is 10.9. The number of nitrogens with zero attached hydrogens (tertiary/aromatic N) is 3. The highest BCUT2D eigenvalue weighted by Crippen LogP contribution is 2.30. The zero-order valence-corrected chi connectivity index (χ0v) is 21.6. The van der Waals surface area contributed by atoms with Crippen molar-refractivity contribution in [3.8, 4) is 11.3 Å². The first-order chi connectivity index (χ1) is 18.7. The van der Waals surface area contributed by atoms with Gasteiger partial charge in [0.15, 0.2) is 16.4 Å². The van der Waals surface area contributed by atoms with Crippen molar-refractivity contribution in [2.24, 2.45) is 5.92 Å². The quantitative estimate of drug-likeness (QED) is 0.337. The summed E-state index contributed by atoms with van der Waals surface area (Å²) < 4.78 is 65.7. The summed E-state index contributed by atoms with van der Waals surface area (Å²) >= 11 is 0. The summed E-state index contributed by atoms with van der Waals surface area (Å²) in [5.41, 5.74) is 1.66. The second-order valence-corrected chi connectivity index (χ2v) is 11.0. The number of halogens is 2. The molecule has 2 aromatic heterocycles. The molecular formula is C27H24F2N4O5S. The van der Waals surface area contributed by atoms with Crippen LogP contribution in [0.3, 0.4) is 0 Å². The van der Waals surface area contributed by atoms with E-state index in [-0.39, 0.29) is 46.8 Å². The van der Waals surface area contributed by atoms with E-state index in [1.165, 1.54) is 29.4 Å². The molecule has 12 heteroatoms. The van der Waals surface area contributed by atoms with Crippen LogP contribution in [-0.4, -0.2) is 42.0 Å². The van der Waals surface area contributed by atoms with Gasteiger partial charge in [0.2, 0.25) is 15.9 Å². The Kier molecular flexibility index (Phi) is 7.40. The fourth-order valence-corrected chi connectivity index (χ4v) is 6.14. The highest BCUT2D eigenvalue weighted by molar-refractivity contribution is 7.89. The van der Waals surface area contributed by atoms with Crippen LogP contribution >= 0.6 is 0 Å². The van der Waals surface area contributed by atoms with Crippen LogP contribution in [0.4, 0.5) is 14.5 Å². The van der Waals surface area contributed by atoms with Crippen LogP contribution in [0.2, 0.25) is 0 Å². The number of nitrogens with one attached hydrogen (secondary N) is 1. The number of carbonyl (C=O) groups excluding carboxylic acids is 1. The van der Waals surface area contributed by atoms with Crippen LogP contribution in [-0.2, 0) is 14.8 Å². The van der Waals surface area contributed by atoms with E-state index in [1.54, 1.807) is 24.4 Å². The molecular weight excluding hydrogens is 530 g/mol. The van der Waals surface area contributed by atoms with Crippen molar-refractivity contribution in [2.45, 2.75) is 24.7 Å². The lowest BCUT2D eigenvalue weighted by Crippen LogP contribution is -2.41. The standard InChI is InChI=1S/C27H24F2N4O5S/c1-17-26(25(38-32-17)9-5-18-2-6-21(28)16-23(18)29)39(35,36)33-14-11-20(12-15-33)27(34)31-22-7-3-19(4-8-22)24-10-13-30-37-24/h2-10,13,16,20H,11-12,14-15H2,1H3,(H,31,34)/b9-5+. The molecule has 0 bridgehead atoms. The van der Waals surface area contributed by atoms with Gasteiger partial charge in [-0.3, -0.25) is 4.79 Å². The van der Waals surface area contributed by atoms with Crippen molar-refractivity contribution >= 4 is 33.8 Å². The molecule has 0 radical (unpaired) electrons. The monoisotopic (exact) mass is 554 g/mol. The third kappa shape index (κ3) is 5.66. The number of amides is 1. The molecule has 39 heavy (non-hydrogen) atoms. The molecule has 1 saturated heterocycles. The Balaban J connectivity index is 1.23. The smallest absolute Gasteiger partial charge is 0.248 e. The Morgan fingerprint density at radius 3 is 2.46 bits per heavy atom. The van der Waals surface area contributed by atoms with Crippen molar-refractivity contribution in [2.75, 3.05) is 18.4 Å². The van der Waals surface area contributed by atoms with Gasteiger partial charge in [0.1, 0.15) is 17.3 Å². The first kappa shape index (κ1) is 26.4. The highest BCUT2D eigenvalue weighted by atomic mass is 32.2. The molecule has 1 aliphatic heterocycles. The van der Waals surface area contributed by atoms with E-state index in [0.29, 0.717) is 24.3 Å². The number of aromatic nitrogens is 2. The number of rotatable bonds is 7. The summed E-state index contributed by atoms with van der Waals surface area (Å²) in [6.45, 7) is 1.76. The molecule has 1 amide bonds. The first-order valence-electron chi connectivity index (χ1n) is 12.1. The molecule has 9 nitrogen and oxygen atoms in total. The van der Waals surface area contributed by atoms with Crippen molar-refractivity contribution in [1.29, 1.82) is 0 Å². The molecule has 0 spiro atoms. The van der Waals surface area contributed by atoms with Crippen LogP contribution < -0.4 is 5.32 Å². The summed E-state index contributed by atoms with van der Waals surface area (Å²) in [6.07, 6.45) is 4.79. The van der Waals surface area contributed by atoms with E-state index < -0.39 is 21.7 Å². The Labute approximate surface area is 223 Å². The largest absolute Gasteiger partial charge is 0.356 e. The van der Waals surface area contributed by atoms with E-state index in [9.17, 15) is 22.0 Å². The number of hydrogen-bond donors (Lipinski definition) is 1. The average molecular weight is 555 g/mol. The Morgan fingerprint density at radius 2 is 1.79 bits per heavy atom. The van der Waals surface area contributed by atoms with Crippen LogP contribution in [0, 0.1) is 24.5 Å². The van der Waals surface area contributed by atoms with Gasteiger partial charge < -0.3 is 14.4 Å². The van der Waals surface area contributed by atoms with Gasteiger partial charge in [0, 0.05) is 48.0 Å². The molecule has 0 atom stereocenters. The van der Waals surface area contributed by atoms with Crippen molar-refractivity contribution < 1.29 is 31.0 Å². The molecule has 202 valence electrons. The minimum atomic E-state index is -4.01. The maximum Gasteiger partial charge on any atom is 0.248 e. The molecule has 0 aliphatic carbocycles. The molecule has 1 aliphatic rings. The topological polar surface area (TPSA) is 119 Å². The zero-order chi connectivity index (χ0) is 27.6. The summed E-state index contributed by atoms with van der Waals surface area (Å²) in [7, 11) is -4.01. The predicted molar refractivity (Wildman–Crippen MR) is 139 cm³/mol. The van der Waals surface area contributed by atoms with Crippen LogP contribution in [0.25, 0.3) is 23.5 Å². The number of anilines is 1. The predicted octanol–water partition coefficient (Wildman–Crippen LogP) is 5.13. The van der Waals surface area contributed by atoms with Crippen molar-refractivity contribution in [1.82, 2.24) is 14.6 Å². The number of carbonyl (C=O) groups is 1. The number of piperidine rings is 1. The fourth-order valence-electron chi connectivity index (χ4n) is 4.42. The average Bonchev–Trinajstić information content (AvgIpc) is 3.59. The van der Waals surface area contributed by atoms with E-state index in [0.717, 1.165) is 17.7 Å². The maximum absolute atomic E-state index is 14.0.